The van der Waals surface area contributed by atoms with Gasteiger partial charge in [-0.2, -0.15) is 0 Å². The van der Waals surface area contributed by atoms with E-state index in [4.69, 9.17) is 5.11 Å². The van der Waals surface area contributed by atoms with E-state index in [1.807, 2.05) is 0 Å². The van der Waals surface area contributed by atoms with Gasteiger partial charge in [-0.15, -0.1) is 11.3 Å². The SMILES string of the molecule is Cc1c(C(=O)O)sc2ncn(CC(=O)c3ccccc3)c(=O)c12. The monoisotopic (exact) mass is 328 g/mol. The molecule has 0 atom stereocenters. The highest BCUT2D eigenvalue weighted by molar-refractivity contribution is 7.20. The summed E-state index contributed by atoms with van der Waals surface area (Å²) in [6.45, 7) is 1.44. The molecule has 0 radical (unpaired) electrons. The van der Waals surface area contributed by atoms with Gasteiger partial charge in [-0.3, -0.25) is 14.2 Å². The summed E-state index contributed by atoms with van der Waals surface area (Å²) in [7, 11) is 0. The standard InChI is InChI=1S/C16H12N2O4S/c1-9-12-14(23-13(9)16(21)22)17-8-18(15(12)20)7-11(19)10-5-3-2-4-6-10/h2-6,8H,7H2,1H3,(H,21,22). The van der Waals surface area contributed by atoms with Crippen molar-refractivity contribution in [1.29, 1.82) is 0 Å². The zero-order valence-corrected chi connectivity index (χ0v) is 13.0. The molecule has 0 amide bonds. The number of hydrogen-bond acceptors (Lipinski definition) is 5. The molecular weight excluding hydrogens is 316 g/mol. The summed E-state index contributed by atoms with van der Waals surface area (Å²) in [6.07, 6.45) is 1.28. The summed E-state index contributed by atoms with van der Waals surface area (Å²) in [6, 6.07) is 8.66. The van der Waals surface area contributed by atoms with Gasteiger partial charge in [0.2, 0.25) is 0 Å². The van der Waals surface area contributed by atoms with E-state index in [0.29, 0.717) is 16.0 Å². The summed E-state index contributed by atoms with van der Waals surface area (Å²) >= 11 is 0.961. The molecule has 0 saturated heterocycles. The molecule has 0 aliphatic carbocycles. The molecule has 0 bridgehead atoms. The lowest BCUT2D eigenvalue weighted by Gasteiger charge is -2.05. The summed E-state index contributed by atoms with van der Waals surface area (Å²) in [4.78, 5) is 40.5. The number of benzene rings is 1. The van der Waals surface area contributed by atoms with Crippen LogP contribution < -0.4 is 5.56 Å². The number of carbonyl (C=O) groups excluding carboxylic acids is 1. The molecular formula is C16H12N2O4S. The lowest BCUT2D eigenvalue weighted by atomic mass is 10.1. The van der Waals surface area contributed by atoms with E-state index < -0.39 is 11.5 Å². The van der Waals surface area contributed by atoms with Gasteiger partial charge in [0.15, 0.2) is 5.78 Å². The van der Waals surface area contributed by atoms with Gasteiger partial charge in [0, 0.05) is 5.56 Å². The van der Waals surface area contributed by atoms with Crippen molar-refractivity contribution in [2.24, 2.45) is 0 Å². The van der Waals surface area contributed by atoms with Crippen LogP contribution in [0.1, 0.15) is 25.6 Å². The van der Waals surface area contributed by atoms with E-state index in [9.17, 15) is 14.4 Å². The van der Waals surface area contributed by atoms with Crippen LogP contribution in [0.2, 0.25) is 0 Å². The predicted octanol–water partition coefficient (Wildman–Crippen LogP) is 2.35. The quantitative estimate of drug-likeness (QED) is 0.743. The Balaban J connectivity index is 2.05. The predicted molar refractivity (Wildman–Crippen MR) is 86.3 cm³/mol. The Labute approximate surface area is 134 Å². The van der Waals surface area contributed by atoms with E-state index in [1.54, 1.807) is 37.3 Å². The molecule has 3 aromatic rings. The molecule has 0 aliphatic heterocycles. The molecule has 116 valence electrons. The van der Waals surface area contributed by atoms with Crippen LogP contribution in [0.15, 0.2) is 41.5 Å². The fourth-order valence-corrected chi connectivity index (χ4v) is 3.32. The number of aryl methyl sites for hydroxylation is 1. The highest BCUT2D eigenvalue weighted by Crippen LogP contribution is 2.26. The third-order valence-corrected chi connectivity index (χ3v) is 4.71. The second kappa shape index (κ2) is 5.77. The molecule has 7 heteroatoms. The largest absolute Gasteiger partial charge is 0.477 e. The molecule has 1 N–H and O–H groups in total. The van der Waals surface area contributed by atoms with Crippen LogP contribution in [0, 0.1) is 6.92 Å². The van der Waals surface area contributed by atoms with Crippen molar-refractivity contribution < 1.29 is 14.7 Å². The van der Waals surface area contributed by atoms with Crippen molar-refractivity contribution in [3.63, 3.8) is 0 Å². The molecule has 0 spiro atoms. The Hall–Kier alpha value is -2.80. The van der Waals surface area contributed by atoms with Crippen molar-refractivity contribution >= 4 is 33.3 Å². The number of aromatic carboxylic acids is 1. The minimum absolute atomic E-state index is 0.0942. The number of ketones is 1. The van der Waals surface area contributed by atoms with Crippen molar-refractivity contribution in [2.45, 2.75) is 13.5 Å². The lowest BCUT2D eigenvalue weighted by molar-refractivity contribution is 0.0701. The van der Waals surface area contributed by atoms with Crippen molar-refractivity contribution in [2.75, 3.05) is 0 Å². The van der Waals surface area contributed by atoms with Crippen molar-refractivity contribution in [1.82, 2.24) is 9.55 Å². The van der Waals surface area contributed by atoms with Crippen LogP contribution in [0.25, 0.3) is 10.2 Å². The Kier molecular flexibility index (Phi) is 3.79. The number of carboxylic acid groups (broad SMARTS) is 1. The van der Waals surface area contributed by atoms with E-state index in [1.165, 1.54) is 10.9 Å². The highest BCUT2D eigenvalue weighted by Gasteiger charge is 2.19. The molecule has 0 unspecified atom stereocenters. The fourth-order valence-electron chi connectivity index (χ4n) is 2.35. The first-order valence-electron chi connectivity index (χ1n) is 6.79. The van der Waals surface area contributed by atoms with Crippen LogP contribution in [0.4, 0.5) is 0 Å². The number of thiophene rings is 1. The van der Waals surface area contributed by atoms with E-state index in [2.05, 4.69) is 4.98 Å². The number of rotatable bonds is 4. The minimum Gasteiger partial charge on any atom is -0.477 e. The van der Waals surface area contributed by atoms with Gasteiger partial charge < -0.3 is 5.11 Å². The summed E-state index contributed by atoms with van der Waals surface area (Å²) < 4.78 is 1.21. The molecule has 23 heavy (non-hydrogen) atoms. The molecule has 0 fully saturated rings. The maximum Gasteiger partial charge on any atom is 0.346 e. The van der Waals surface area contributed by atoms with Crippen molar-refractivity contribution in [3.05, 3.63) is 63.0 Å². The average molecular weight is 328 g/mol. The fraction of sp³-hybridized carbons (Fsp3) is 0.125. The van der Waals surface area contributed by atoms with Crippen LogP contribution in [0.3, 0.4) is 0 Å². The Bertz CT molecular complexity index is 973. The Morgan fingerprint density at radius 1 is 1.26 bits per heavy atom. The number of fused-ring (bicyclic) bond motifs is 1. The minimum atomic E-state index is -1.09. The number of hydrogen-bond donors (Lipinski definition) is 1. The van der Waals surface area contributed by atoms with Gasteiger partial charge >= 0.3 is 5.97 Å². The zero-order valence-electron chi connectivity index (χ0n) is 12.1. The van der Waals surface area contributed by atoms with Gasteiger partial charge in [-0.1, -0.05) is 30.3 Å². The molecule has 2 aromatic heterocycles. The Morgan fingerprint density at radius 3 is 2.61 bits per heavy atom. The topological polar surface area (TPSA) is 89.3 Å². The molecule has 2 heterocycles. The summed E-state index contributed by atoms with van der Waals surface area (Å²) in [5, 5.41) is 9.40. The summed E-state index contributed by atoms with van der Waals surface area (Å²) in [5.74, 6) is -1.29. The van der Waals surface area contributed by atoms with E-state index in [0.717, 1.165) is 11.3 Å². The first-order chi connectivity index (χ1) is 11.0. The molecule has 0 aliphatic rings. The molecule has 3 rings (SSSR count). The maximum atomic E-state index is 12.5. The number of Topliss-reactive ketones (excluding diaryl/α,β-unsaturated/α-hetero) is 1. The van der Waals surface area contributed by atoms with Gasteiger partial charge in [0.25, 0.3) is 5.56 Å². The van der Waals surface area contributed by atoms with E-state index in [-0.39, 0.29) is 22.6 Å². The number of aromatic nitrogens is 2. The first kappa shape index (κ1) is 15.1. The van der Waals surface area contributed by atoms with Crippen LogP contribution in [-0.4, -0.2) is 26.4 Å². The molecule has 6 nitrogen and oxygen atoms in total. The maximum absolute atomic E-state index is 12.5. The van der Waals surface area contributed by atoms with Gasteiger partial charge in [-0.25, -0.2) is 9.78 Å². The Morgan fingerprint density at radius 2 is 1.96 bits per heavy atom. The lowest BCUT2D eigenvalue weighted by Crippen LogP contribution is -2.24. The van der Waals surface area contributed by atoms with Gasteiger partial charge in [-0.05, 0) is 12.5 Å². The number of carboxylic acids is 1. The number of nitrogens with zero attached hydrogens (tertiary/aromatic N) is 2. The molecule has 1 aromatic carbocycles. The van der Waals surface area contributed by atoms with Gasteiger partial charge in [0.05, 0.1) is 18.3 Å². The first-order valence-corrected chi connectivity index (χ1v) is 7.60. The van der Waals surface area contributed by atoms with Crippen LogP contribution in [-0.2, 0) is 6.54 Å². The normalized spacial score (nSPS) is 10.8. The third-order valence-electron chi connectivity index (χ3n) is 3.52. The highest BCUT2D eigenvalue weighted by atomic mass is 32.1. The summed E-state index contributed by atoms with van der Waals surface area (Å²) in [5.41, 5.74) is 0.491. The van der Waals surface area contributed by atoms with E-state index >= 15 is 0 Å². The smallest absolute Gasteiger partial charge is 0.346 e. The second-order valence-corrected chi connectivity index (χ2v) is 6.01. The number of carbonyl (C=O) groups is 2. The zero-order chi connectivity index (χ0) is 16.6. The second-order valence-electron chi connectivity index (χ2n) is 5.01. The average Bonchev–Trinajstić information content (AvgIpc) is 2.89. The van der Waals surface area contributed by atoms with Gasteiger partial charge in [0.1, 0.15) is 9.71 Å². The van der Waals surface area contributed by atoms with Crippen molar-refractivity contribution in [3.8, 4) is 0 Å². The molecule has 0 saturated carbocycles. The van der Waals surface area contributed by atoms with Crippen LogP contribution in [0.5, 0.6) is 0 Å². The third kappa shape index (κ3) is 2.66. The van der Waals surface area contributed by atoms with Crippen LogP contribution >= 0.6 is 11.3 Å².